The van der Waals surface area contributed by atoms with Gasteiger partial charge in [-0.2, -0.15) is 0 Å². The summed E-state index contributed by atoms with van der Waals surface area (Å²) >= 11 is 1.38. The summed E-state index contributed by atoms with van der Waals surface area (Å²) in [6, 6.07) is 11.0. The molecule has 2 aliphatic heterocycles. The molecule has 2 amide bonds. The molecule has 146 valence electrons. The number of hydrogen-bond donors (Lipinski definition) is 0. The van der Waals surface area contributed by atoms with Crippen molar-refractivity contribution in [3.05, 3.63) is 58.3 Å². The average Bonchev–Trinajstić information content (AvgIpc) is 3.37. The number of carbonyl (C=O) groups excluding carboxylic acids is 3. The number of carboxylic acid groups (broad SMARTS) is 1. The molecule has 2 aromatic rings. The number of benzene rings is 1. The molecule has 0 radical (unpaired) electrons. The summed E-state index contributed by atoms with van der Waals surface area (Å²) in [6.07, 6.45) is 0.707. The van der Waals surface area contributed by atoms with E-state index in [9.17, 15) is 19.5 Å². The molecule has 8 heteroatoms. The molecule has 28 heavy (non-hydrogen) atoms. The van der Waals surface area contributed by atoms with E-state index in [1.807, 2.05) is 11.4 Å². The van der Waals surface area contributed by atoms with Crippen LogP contribution in [0.15, 0.2) is 47.8 Å². The first-order chi connectivity index (χ1) is 13.5. The Bertz CT molecular complexity index is 875. The van der Waals surface area contributed by atoms with Crippen LogP contribution in [0.5, 0.6) is 0 Å². The maximum Gasteiger partial charge on any atom is 0.263 e. The molecule has 1 aromatic heterocycles. The highest BCUT2D eigenvalue weighted by molar-refractivity contribution is 7.12. The SMILES string of the molecule is O=C([O-])[C@@H]1COC2(CCN(C(=O)c3cccs3)CC2)N1C(=O)c1ccccc1. The van der Waals surface area contributed by atoms with Gasteiger partial charge in [-0.3, -0.25) is 14.5 Å². The minimum atomic E-state index is -1.33. The Morgan fingerprint density at radius 1 is 1.04 bits per heavy atom. The van der Waals surface area contributed by atoms with Gasteiger partial charge in [0.05, 0.1) is 23.5 Å². The number of rotatable bonds is 3. The van der Waals surface area contributed by atoms with Gasteiger partial charge in [-0.25, -0.2) is 0 Å². The maximum atomic E-state index is 13.1. The van der Waals surface area contributed by atoms with Crippen LogP contribution in [-0.2, 0) is 9.53 Å². The van der Waals surface area contributed by atoms with Gasteiger partial charge in [0.1, 0.15) is 5.72 Å². The van der Waals surface area contributed by atoms with Crippen molar-refractivity contribution in [1.29, 1.82) is 0 Å². The number of aliphatic carboxylic acids is 1. The minimum absolute atomic E-state index is 0.0553. The molecule has 0 N–H and O–H groups in total. The number of likely N-dealkylation sites (tertiary alicyclic amines) is 1. The normalized spacial score (nSPS) is 21.1. The fourth-order valence-electron chi connectivity index (χ4n) is 3.88. The summed E-state index contributed by atoms with van der Waals surface area (Å²) in [4.78, 5) is 41.0. The zero-order valence-electron chi connectivity index (χ0n) is 15.1. The lowest BCUT2D eigenvalue weighted by molar-refractivity contribution is -0.310. The van der Waals surface area contributed by atoms with Crippen LogP contribution in [0.2, 0.25) is 0 Å². The van der Waals surface area contributed by atoms with E-state index < -0.39 is 23.6 Å². The zero-order chi connectivity index (χ0) is 19.7. The van der Waals surface area contributed by atoms with Gasteiger partial charge >= 0.3 is 0 Å². The molecule has 4 rings (SSSR count). The van der Waals surface area contributed by atoms with Crippen LogP contribution in [0.3, 0.4) is 0 Å². The van der Waals surface area contributed by atoms with Crippen LogP contribution in [0.1, 0.15) is 32.9 Å². The highest BCUT2D eigenvalue weighted by Gasteiger charge is 2.52. The highest BCUT2D eigenvalue weighted by Crippen LogP contribution is 2.38. The Labute approximate surface area is 166 Å². The number of piperidine rings is 1. The number of thiophene rings is 1. The van der Waals surface area contributed by atoms with Crippen molar-refractivity contribution in [3.8, 4) is 0 Å². The van der Waals surface area contributed by atoms with E-state index in [2.05, 4.69) is 0 Å². The Kier molecular flexibility index (Phi) is 4.91. The van der Waals surface area contributed by atoms with E-state index >= 15 is 0 Å². The smallest absolute Gasteiger partial charge is 0.263 e. The highest BCUT2D eigenvalue weighted by atomic mass is 32.1. The second kappa shape index (κ2) is 7.37. The molecule has 2 fully saturated rings. The van der Waals surface area contributed by atoms with E-state index in [4.69, 9.17) is 4.74 Å². The molecule has 1 atom stereocenters. The summed E-state index contributed by atoms with van der Waals surface area (Å²) < 4.78 is 5.88. The van der Waals surface area contributed by atoms with Gasteiger partial charge in [-0.1, -0.05) is 24.3 Å². The van der Waals surface area contributed by atoms with Crippen molar-refractivity contribution in [2.45, 2.75) is 24.6 Å². The maximum absolute atomic E-state index is 13.1. The number of carboxylic acids is 1. The average molecular weight is 399 g/mol. The summed E-state index contributed by atoms with van der Waals surface area (Å²) in [5, 5.41) is 13.5. The first kappa shape index (κ1) is 18.6. The summed E-state index contributed by atoms with van der Waals surface area (Å²) in [5.74, 6) is -1.79. The number of ether oxygens (including phenoxy) is 1. The Morgan fingerprint density at radius 3 is 2.36 bits per heavy atom. The third-order valence-corrected chi connectivity index (χ3v) is 6.19. The first-order valence-corrected chi connectivity index (χ1v) is 9.96. The molecule has 0 bridgehead atoms. The summed E-state index contributed by atoms with van der Waals surface area (Å²) in [6.45, 7) is 0.657. The molecule has 7 nitrogen and oxygen atoms in total. The first-order valence-electron chi connectivity index (χ1n) is 9.08. The molecule has 2 saturated heterocycles. The second-order valence-corrected chi connectivity index (χ2v) is 7.85. The van der Waals surface area contributed by atoms with E-state index in [0.29, 0.717) is 36.4 Å². The predicted molar refractivity (Wildman–Crippen MR) is 99.5 cm³/mol. The van der Waals surface area contributed by atoms with Gasteiger partial charge in [-0.05, 0) is 23.6 Å². The van der Waals surface area contributed by atoms with Gasteiger partial charge in [0.15, 0.2) is 0 Å². The Balaban J connectivity index is 1.57. The van der Waals surface area contributed by atoms with E-state index in [0.717, 1.165) is 0 Å². The minimum Gasteiger partial charge on any atom is -0.548 e. The molecule has 1 aromatic carbocycles. The third kappa shape index (κ3) is 3.18. The fraction of sp³-hybridized carbons (Fsp3) is 0.350. The van der Waals surface area contributed by atoms with Gasteiger partial charge in [-0.15, -0.1) is 11.3 Å². The fourth-order valence-corrected chi connectivity index (χ4v) is 4.57. The van der Waals surface area contributed by atoms with E-state index in [-0.39, 0.29) is 12.5 Å². The van der Waals surface area contributed by atoms with Gasteiger partial charge in [0.2, 0.25) is 0 Å². The van der Waals surface area contributed by atoms with Crippen molar-refractivity contribution < 1.29 is 24.2 Å². The molecule has 0 aliphatic carbocycles. The molecule has 1 spiro atoms. The van der Waals surface area contributed by atoms with E-state index in [1.54, 1.807) is 41.3 Å². The molecule has 2 aliphatic rings. The van der Waals surface area contributed by atoms with Crippen LogP contribution in [-0.4, -0.2) is 59.0 Å². The van der Waals surface area contributed by atoms with Crippen molar-refractivity contribution in [1.82, 2.24) is 9.80 Å². The Morgan fingerprint density at radius 2 is 1.75 bits per heavy atom. The predicted octanol–water partition coefficient (Wildman–Crippen LogP) is 0.971. The quantitative estimate of drug-likeness (QED) is 0.767. The standard InChI is InChI=1S/C20H20N2O5S/c23-17(14-5-2-1-3-6-14)22-15(19(25)26)13-27-20(22)8-10-21(11-9-20)18(24)16-7-4-12-28-16/h1-7,12,15H,8-11,13H2,(H,25,26)/p-1/t15-/m0/s1. The van der Waals surface area contributed by atoms with Crippen LogP contribution in [0.25, 0.3) is 0 Å². The third-order valence-electron chi connectivity index (χ3n) is 5.34. The number of amides is 2. The van der Waals surface area contributed by atoms with Crippen molar-refractivity contribution in [2.24, 2.45) is 0 Å². The van der Waals surface area contributed by atoms with Crippen LogP contribution in [0.4, 0.5) is 0 Å². The van der Waals surface area contributed by atoms with Crippen LogP contribution < -0.4 is 5.11 Å². The number of hydrogen-bond acceptors (Lipinski definition) is 6. The molecule has 0 unspecified atom stereocenters. The zero-order valence-corrected chi connectivity index (χ0v) is 15.9. The van der Waals surface area contributed by atoms with Gasteiger partial charge in [0, 0.05) is 31.5 Å². The monoisotopic (exact) mass is 399 g/mol. The summed E-state index contributed by atoms with van der Waals surface area (Å²) in [5.41, 5.74) is -0.639. The van der Waals surface area contributed by atoms with Crippen molar-refractivity contribution in [2.75, 3.05) is 19.7 Å². The second-order valence-electron chi connectivity index (χ2n) is 6.90. The lowest BCUT2D eigenvalue weighted by Crippen LogP contribution is -2.60. The molecular formula is C20H19N2O5S-. The van der Waals surface area contributed by atoms with Gasteiger partial charge in [0.25, 0.3) is 11.8 Å². The van der Waals surface area contributed by atoms with Crippen molar-refractivity contribution >= 4 is 29.1 Å². The van der Waals surface area contributed by atoms with Crippen LogP contribution >= 0.6 is 11.3 Å². The molecular weight excluding hydrogens is 380 g/mol. The lowest BCUT2D eigenvalue weighted by atomic mass is 9.96. The Hall–Kier alpha value is -2.71. The number of nitrogens with zero attached hydrogens (tertiary/aromatic N) is 2. The van der Waals surface area contributed by atoms with Crippen molar-refractivity contribution in [3.63, 3.8) is 0 Å². The van der Waals surface area contributed by atoms with E-state index in [1.165, 1.54) is 16.2 Å². The lowest BCUT2D eigenvalue weighted by Gasteiger charge is -2.44. The number of carbonyl (C=O) groups is 3. The molecule has 0 saturated carbocycles. The summed E-state index contributed by atoms with van der Waals surface area (Å²) in [7, 11) is 0. The van der Waals surface area contributed by atoms with Gasteiger partial charge < -0.3 is 19.5 Å². The topological polar surface area (TPSA) is 90.0 Å². The van der Waals surface area contributed by atoms with Crippen LogP contribution in [0, 0.1) is 0 Å². The largest absolute Gasteiger partial charge is 0.548 e. The molecule has 3 heterocycles.